The van der Waals surface area contributed by atoms with Crippen LogP contribution in [0, 0.1) is 28.8 Å². The van der Waals surface area contributed by atoms with Crippen molar-refractivity contribution in [2.24, 2.45) is 0 Å². The van der Waals surface area contributed by atoms with Crippen LogP contribution in [0.25, 0.3) is 44.8 Å². The van der Waals surface area contributed by atoms with Crippen LogP contribution in [0.5, 0.6) is 11.8 Å². The third kappa shape index (κ3) is 6.91. The van der Waals surface area contributed by atoms with Gasteiger partial charge in [0.05, 0.1) is 35.7 Å². The van der Waals surface area contributed by atoms with E-state index < -0.39 is 17.5 Å². The first kappa shape index (κ1) is 33.6. The molecule has 3 heterocycles. The highest BCUT2D eigenvalue weighted by Gasteiger charge is 2.17. The molecule has 11 nitrogen and oxygen atoms in total. The monoisotopic (exact) mass is 758 g/mol. The van der Waals surface area contributed by atoms with Crippen LogP contribution in [-0.4, -0.2) is 29.9 Å². The summed E-state index contributed by atoms with van der Waals surface area (Å²) in [4.78, 5) is 24.8. The zero-order chi connectivity index (χ0) is 36.4. The minimum Gasteiger partial charge on any atom is -0.424 e. The fraction of sp³-hybridized carbons (Fsp3) is 0. The molecule has 7 rings (SSSR count). The molecular weight excluding hydrogens is 737 g/mol. The lowest BCUT2D eigenvalue weighted by Crippen LogP contribution is -2.00. The van der Waals surface area contributed by atoms with Crippen LogP contribution in [-0.2, 0) is 0 Å². The third-order valence-electron chi connectivity index (χ3n) is 7.73. The highest BCUT2D eigenvalue weighted by Crippen LogP contribution is 2.37. The molecule has 0 unspecified atom stereocenters. The van der Waals surface area contributed by atoms with E-state index in [2.05, 4.69) is 51.2 Å². The Balaban J connectivity index is 1.13. The van der Waals surface area contributed by atoms with Crippen LogP contribution >= 0.6 is 15.9 Å². The lowest BCUT2D eigenvalue weighted by molar-refractivity contribution is 0.444. The van der Waals surface area contributed by atoms with Crippen LogP contribution < -0.4 is 21.5 Å². The van der Waals surface area contributed by atoms with Crippen LogP contribution in [0.2, 0.25) is 0 Å². The van der Waals surface area contributed by atoms with Gasteiger partial charge in [-0.15, -0.1) is 0 Å². The van der Waals surface area contributed by atoms with Crippen LogP contribution in [0.4, 0.5) is 36.3 Å². The molecule has 0 aliphatic carbocycles. The van der Waals surface area contributed by atoms with Crippen molar-refractivity contribution in [1.82, 2.24) is 29.9 Å². The molecule has 0 bridgehead atoms. The molecule has 254 valence electrons. The minimum absolute atomic E-state index is 0.0300. The average Bonchev–Trinajstić information content (AvgIpc) is 3.14. The highest BCUT2D eigenvalue weighted by molar-refractivity contribution is 9.10. The van der Waals surface area contributed by atoms with E-state index in [1.807, 2.05) is 6.07 Å². The number of halogens is 4. The van der Waals surface area contributed by atoms with Gasteiger partial charge in [-0.2, -0.15) is 10.2 Å². The number of nitriles is 1. The van der Waals surface area contributed by atoms with Gasteiger partial charge < -0.3 is 21.5 Å². The number of hydrogen-bond acceptors (Lipinski definition) is 11. The van der Waals surface area contributed by atoms with Crippen molar-refractivity contribution >= 4 is 39.1 Å². The fourth-order valence-electron chi connectivity index (χ4n) is 5.22. The first-order valence-electron chi connectivity index (χ1n) is 15.2. The maximum Gasteiger partial charge on any atom is 0.323 e. The summed E-state index contributed by atoms with van der Waals surface area (Å²) in [5, 5.41) is 12.4. The quantitative estimate of drug-likeness (QED) is 0.136. The molecule has 7 aromatic rings. The van der Waals surface area contributed by atoms with Crippen LogP contribution in [0.3, 0.4) is 0 Å². The van der Waals surface area contributed by atoms with Gasteiger partial charge in [0.15, 0.2) is 11.5 Å². The van der Waals surface area contributed by atoms with Crippen molar-refractivity contribution in [3.63, 3.8) is 0 Å². The molecule has 0 spiro atoms. The molecule has 0 saturated heterocycles. The second-order valence-corrected chi connectivity index (χ2v) is 11.9. The van der Waals surface area contributed by atoms with E-state index in [4.69, 9.17) is 16.2 Å². The maximum atomic E-state index is 15.4. The molecule has 0 aliphatic heterocycles. The molecule has 5 N–H and O–H groups in total. The SMILES string of the molecule is N#Cc1nc(-c2ccc(-c3ccccc3Oc3nccc(Nc4cc(-c5ccc(-c6cnc(N)cn6)c(F)c5)c(F)cc4Br)n3)cc2F)cnc1N. The van der Waals surface area contributed by atoms with Crippen LogP contribution in [0.1, 0.15) is 5.69 Å². The first-order valence-corrected chi connectivity index (χ1v) is 16.0. The van der Waals surface area contributed by atoms with Gasteiger partial charge in [0, 0.05) is 32.9 Å². The standard InChI is InChI=1S/C37H22BrF3N10O/c38-25-14-28(41)24(20-6-7-22(26(39)12-20)31-16-47-34(43)18-46-31)13-29(25)50-35-9-10-45-37(51-35)52-33-4-2-1-3-21(33)19-5-8-23(27(40)11-19)32-17-48-36(44)30(15-42)49-32/h1-14,16-18H,(H2,43,47)(H2,44,48)(H,45,50,51). The summed E-state index contributed by atoms with van der Waals surface area (Å²) in [5.41, 5.74) is 13.8. The summed E-state index contributed by atoms with van der Waals surface area (Å²) >= 11 is 3.38. The molecular formula is C37H22BrF3N10O. The van der Waals surface area contributed by atoms with Crippen molar-refractivity contribution in [2.45, 2.75) is 0 Å². The van der Waals surface area contributed by atoms with Gasteiger partial charge in [-0.05, 0) is 75.6 Å². The Morgan fingerprint density at radius 3 is 2.10 bits per heavy atom. The highest BCUT2D eigenvalue weighted by atomic mass is 79.9. The van der Waals surface area contributed by atoms with E-state index in [1.165, 1.54) is 61.2 Å². The average molecular weight is 760 g/mol. The smallest absolute Gasteiger partial charge is 0.323 e. The number of benzene rings is 4. The fourth-order valence-corrected chi connectivity index (χ4v) is 5.64. The van der Waals surface area contributed by atoms with Crippen molar-refractivity contribution in [1.29, 1.82) is 5.26 Å². The van der Waals surface area contributed by atoms with Gasteiger partial charge in [-0.25, -0.2) is 33.1 Å². The Hall–Kier alpha value is -6.92. The van der Waals surface area contributed by atoms with E-state index in [0.29, 0.717) is 38.4 Å². The third-order valence-corrected chi connectivity index (χ3v) is 8.39. The molecule has 4 aromatic carbocycles. The van der Waals surface area contributed by atoms with Crippen molar-refractivity contribution in [3.05, 3.63) is 131 Å². The molecule has 0 saturated carbocycles. The second-order valence-electron chi connectivity index (χ2n) is 11.1. The van der Waals surface area contributed by atoms with Gasteiger partial charge in [0.1, 0.15) is 40.9 Å². The number of para-hydroxylation sites is 1. The van der Waals surface area contributed by atoms with Gasteiger partial charge >= 0.3 is 6.01 Å². The van der Waals surface area contributed by atoms with E-state index in [9.17, 15) is 5.26 Å². The number of ether oxygens (including phenoxy) is 1. The van der Waals surface area contributed by atoms with E-state index >= 15 is 13.2 Å². The van der Waals surface area contributed by atoms with Gasteiger partial charge in [-0.1, -0.05) is 30.3 Å². The lowest BCUT2D eigenvalue weighted by Gasteiger charge is -2.14. The molecule has 0 aliphatic rings. The van der Waals surface area contributed by atoms with Crippen molar-refractivity contribution in [2.75, 3.05) is 16.8 Å². The molecule has 52 heavy (non-hydrogen) atoms. The number of nitrogens with one attached hydrogen (secondary N) is 1. The molecule has 15 heteroatoms. The van der Waals surface area contributed by atoms with E-state index in [0.717, 1.165) is 0 Å². The van der Waals surface area contributed by atoms with E-state index in [1.54, 1.807) is 42.5 Å². The Morgan fingerprint density at radius 2 is 1.38 bits per heavy atom. The lowest BCUT2D eigenvalue weighted by atomic mass is 10.0. The predicted molar refractivity (Wildman–Crippen MR) is 192 cm³/mol. The Bertz CT molecular complexity index is 2530. The summed E-state index contributed by atoms with van der Waals surface area (Å²) < 4.78 is 52.2. The van der Waals surface area contributed by atoms with Crippen molar-refractivity contribution < 1.29 is 17.9 Å². The summed E-state index contributed by atoms with van der Waals surface area (Å²) in [6.45, 7) is 0. The largest absolute Gasteiger partial charge is 0.424 e. The second kappa shape index (κ2) is 14.1. The molecule has 0 radical (unpaired) electrons. The topological polar surface area (TPSA) is 174 Å². The maximum absolute atomic E-state index is 15.4. The molecule has 3 aromatic heterocycles. The number of nitrogens with zero attached hydrogens (tertiary/aromatic N) is 7. The summed E-state index contributed by atoms with van der Waals surface area (Å²) in [6.07, 6.45) is 5.45. The number of nitrogen functional groups attached to an aromatic ring is 2. The zero-order valence-electron chi connectivity index (χ0n) is 26.5. The minimum atomic E-state index is -0.616. The zero-order valence-corrected chi connectivity index (χ0v) is 28.1. The van der Waals surface area contributed by atoms with E-state index in [-0.39, 0.29) is 51.4 Å². The summed E-state index contributed by atoms with van der Waals surface area (Å²) in [6, 6.07) is 21.9. The number of nitrogens with two attached hydrogens (primary N) is 2. The Morgan fingerprint density at radius 1 is 0.692 bits per heavy atom. The number of rotatable bonds is 8. The Labute approximate surface area is 302 Å². The molecule has 0 amide bonds. The van der Waals surface area contributed by atoms with Gasteiger partial charge in [0.25, 0.3) is 0 Å². The normalized spacial score (nSPS) is 10.8. The summed E-state index contributed by atoms with van der Waals surface area (Å²) in [5.74, 6) is -0.999. The number of anilines is 4. The first-order chi connectivity index (χ1) is 25.2. The molecule has 0 atom stereocenters. The number of hydrogen-bond donors (Lipinski definition) is 3. The van der Waals surface area contributed by atoms with Gasteiger partial charge in [-0.3, -0.25) is 4.98 Å². The predicted octanol–water partition coefficient (Wildman–Crippen LogP) is 8.48. The Kier molecular flexibility index (Phi) is 9.12. The molecule has 0 fully saturated rings. The summed E-state index contributed by atoms with van der Waals surface area (Å²) in [7, 11) is 0. The number of aromatic nitrogens is 6. The van der Waals surface area contributed by atoms with Gasteiger partial charge in [0.2, 0.25) is 0 Å². The van der Waals surface area contributed by atoms with Crippen LogP contribution in [0.15, 0.2) is 108 Å². The van der Waals surface area contributed by atoms with Crippen molar-refractivity contribution in [3.8, 4) is 62.6 Å².